The summed E-state index contributed by atoms with van der Waals surface area (Å²) >= 11 is 0. The third kappa shape index (κ3) is 5.22. The van der Waals surface area contributed by atoms with Gasteiger partial charge in [0.15, 0.2) is 0 Å². The molecule has 0 spiro atoms. The van der Waals surface area contributed by atoms with Crippen molar-refractivity contribution in [2.45, 2.75) is 75.7 Å². The largest absolute Gasteiger partial charge is 0.469 e. The lowest BCUT2D eigenvalue weighted by atomic mass is 9.66. The van der Waals surface area contributed by atoms with Gasteiger partial charge in [0.1, 0.15) is 12.9 Å². The monoisotopic (exact) mass is 471 g/mol. The molecule has 1 saturated heterocycles. The van der Waals surface area contributed by atoms with Gasteiger partial charge in [0.2, 0.25) is 0 Å². The van der Waals surface area contributed by atoms with Crippen molar-refractivity contribution in [2.75, 3.05) is 20.8 Å². The first-order chi connectivity index (χ1) is 16.6. The summed E-state index contributed by atoms with van der Waals surface area (Å²) in [5, 5.41) is 4.63. The van der Waals surface area contributed by atoms with Crippen LogP contribution in [0.1, 0.15) is 69.8 Å². The fraction of sp³-hybridized carbons (Fsp3) is 0.643. The Kier molecular flexibility index (Phi) is 8.41. The van der Waals surface area contributed by atoms with Crippen LogP contribution in [0.2, 0.25) is 0 Å². The lowest BCUT2D eigenvalue weighted by Gasteiger charge is -2.41. The maximum atomic E-state index is 13.8. The van der Waals surface area contributed by atoms with Gasteiger partial charge in [-0.3, -0.25) is 4.79 Å². The van der Waals surface area contributed by atoms with Gasteiger partial charge in [-0.25, -0.2) is 4.39 Å². The molecule has 3 fully saturated rings. The van der Waals surface area contributed by atoms with E-state index < -0.39 is 0 Å². The number of fused-ring (bicyclic) bond motifs is 2. The molecule has 6 heteroatoms. The first kappa shape index (κ1) is 24.9. The van der Waals surface area contributed by atoms with Gasteiger partial charge in [-0.15, -0.1) is 0 Å². The summed E-state index contributed by atoms with van der Waals surface area (Å²) in [7, 11) is 3.07. The number of benzene rings is 1. The lowest BCUT2D eigenvalue weighted by Crippen LogP contribution is -2.44. The van der Waals surface area contributed by atoms with E-state index in [1.54, 1.807) is 19.2 Å². The summed E-state index contributed by atoms with van der Waals surface area (Å²) in [6.45, 7) is 0.658. The van der Waals surface area contributed by atoms with Gasteiger partial charge >= 0.3 is 5.97 Å². The highest BCUT2D eigenvalue weighted by Crippen LogP contribution is 2.58. The topological polar surface area (TPSA) is 57.1 Å². The van der Waals surface area contributed by atoms with E-state index in [4.69, 9.17) is 14.3 Å². The molecular weight excluding hydrogens is 433 g/mol. The Balaban J connectivity index is 1.58. The quantitative estimate of drug-likeness (QED) is 0.139. The number of hydrogen-bond acceptors (Lipinski definition) is 5. The highest BCUT2D eigenvalue weighted by atomic mass is 19.1. The van der Waals surface area contributed by atoms with E-state index in [1.165, 1.54) is 32.1 Å². The van der Waals surface area contributed by atoms with Crippen molar-refractivity contribution in [1.82, 2.24) is 0 Å². The first-order valence-corrected chi connectivity index (χ1v) is 12.8. The summed E-state index contributed by atoms with van der Waals surface area (Å²) in [6, 6.07) is 7.00. The minimum absolute atomic E-state index is 0.110. The molecule has 0 amide bonds. The molecule has 1 aromatic carbocycles. The Morgan fingerprint density at radius 3 is 2.65 bits per heavy atom. The van der Waals surface area contributed by atoms with Gasteiger partial charge in [-0.2, -0.15) is 0 Å². The molecule has 34 heavy (non-hydrogen) atoms. The number of carbonyl (C=O) groups excluding carboxylic acids is 1. The summed E-state index contributed by atoms with van der Waals surface area (Å²) < 4.78 is 24.9. The highest BCUT2D eigenvalue weighted by Gasteiger charge is 2.61. The van der Waals surface area contributed by atoms with Crippen LogP contribution in [0.25, 0.3) is 0 Å². The Bertz CT molecular complexity index is 877. The SMILES string of the molecule is CON=C(C1CCCCC1)[C@@H]1[C@@H]2C[C@@](c3ccc(F)cc3)(CO2)[C@H]1C/C=C\CCCC(=O)OC. The summed E-state index contributed by atoms with van der Waals surface area (Å²) in [5.41, 5.74) is 2.17. The normalized spacial score (nSPS) is 29.6. The molecule has 2 bridgehead atoms. The molecule has 4 atom stereocenters. The van der Waals surface area contributed by atoms with Gasteiger partial charge in [0.25, 0.3) is 0 Å². The second kappa shape index (κ2) is 11.5. The number of carbonyl (C=O) groups is 1. The average Bonchev–Trinajstić information content (AvgIpc) is 3.43. The lowest BCUT2D eigenvalue weighted by molar-refractivity contribution is -0.140. The molecule has 1 aliphatic heterocycles. The first-order valence-electron chi connectivity index (χ1n) is 12.8. The van der Waals surface area contributed by atoms with Crippen molar-refractivity contribution in [3.8, 4) is 0 Å². The van der Waals surface area contributed by atoms with Crippen LogP contribution in [0.4, 0.5) is 4.39 Å². The summed E-state index contributed by atoms with van der Waals surface area (Å²) in [6.07, 6.45) is 14.5. The number of oxime groups is 1. The smallest absolute Gasteiger partial charge is 0.305 e. The third-order valence-electron chi connectivity index (χ3n) is 8.18. The number of rotatable bonds is 10. The Hall–Kier alpha value is -2.21. The molecule has 1 aromatic rings. The second-order valence-electron chi connectivity index (χ2n) is 10.1. The Labute approximate surface area is 202 Å². The van der Waals surface area contributed by atoms with Gasteiger partial charge < -0.3 is 14.3 Å². The van der Waals surface area contributed by atoms with Gasteiger partial charge in [-0.1, -0.05) is 48.7 Å². The zero-order chi connectivity index (χ0) is 24.0. The molecule has 186 valence electrons. The zero-order valence-corrected chi connectivity index (χ0v) is 20.5. The van der Waals surface area contributed by atoms with Crippen molar-refractivity contribution in [1.29, 1.82) is 0 Å². The molecule has 0 radical (unpaired) electrons. The van der Waals surface area contributed by atoms with Gasteiger partial charge in [0, 0.05) is 23.7 Å². The van der Waals surface area contributed by atoms with Crippen LogP contribution in [0.3, 0.4) is 0 Å². The molecule has 0 unspecified atom stereocenters. The molecule has 2 saturated carbocycles. The van der Waals surface area contributed by atoms with Crippen LogP contribution in [-0.2, 0) is 24.5 Å². The van der Waals surface area contributed by atoms with E-state index in [2.05, 4.69) is 17.3 Å². The molecule has 5 nitrogen and oxygen atoms in total. The predicted octanol–water partition coefficient (Wildman–Crippen LogP) is 5.97. The Morgan fingerprint density at radius 1 is 1.18 bits per heavy atom. The highest BCUT2D eigenvalue weighted by molar-refractivity contribution is 5.90. The van der Waals surface area contributed by atoms with Crippen molar-refractivity contribution < 1.29 is 23.5 Å². The van der Waals surface area contributed by atoms with Crippen molar-refractivity contribution in [3.63, 3.8) is 0 Å². The van der Waals surface area contributed by atoms with Gasteiger partial charge in [-0.05, 0) is 62.1 Å². The molecule has 2 aliphatic carbocycles. The average molecular weight is 472 g/mol. The number of unbranched alkanes of at least 4 members (excludes halogenated alkanes) is 1. The maximum absolute atomic E-state index is 13.8. The molecule has 0 N–H and O–H groups in total. The zero-order valence-electron chi connectivity index (χ0n) is 20.5. The minimum Gasteiger partial charge on any atom is -0.469 e. The number of methoxy groups -OCH3 is 1. The van der Waals surface area contributed by atoms with Crippen molar-refractivity contribution in [2.24, 2.45) is 22.9 Å². The standard InChI is InChI=1S/C28H38FNO4/c1-32-25(31)13-9-4-3-8-12-23-26(27(30-33-2)20-10-6-5-7-11-20)24-18-28(23,19-34-24)21-14-16-22(29)17-15-21/h3,8,14-17,20,23-24,26H,4-7,9-13,18-19H2,1-2H3/b8-3-,30-27?/t23-,24-,26-,28-/m0/s1. The molecule has 3 aliphatic rings. The molecule has 0 aromatic heterocycles. The number of esters is 1. The fourth-order valence-corrected chi connectivity index (χ4v) is 6.53. The van der Waals surface area contributed by atoms with E-state index in [0.717, 1.165) is 44.1 Å². The second-order valence-corrected chi connectivity index (χ2v) is 10.1. The van der Waals surface area contributed by atoms with Crippen molar-refractivity contribution in [3.05, 3.63) is 47.8 Å². The van der Waals surface area contributed by atoms with E-state index in [0.29, 0.717) is 24.9 Å². The van der Waals surface area contributed by atoms with Crippen LogP contribution in [0.15, 0.2) is 41.6 Å². The number of hydrogen-bond donors (Lipinski definition) is 0. The predicted molar refractivity (Wildman–Crippen MR) is 130 cm³/mol. The van der Waals surface area contributed by atoms with E-state index in [9.17, 15) is 9.18 Å². The molecule has 1 heterocycles. The maximum Gasteiger partial charge on any atom is 0.305 e. The van der Waals surface area contributed by atoms with E-state index >= 15 is 0 Å². The number of halogens is 1. The minimum atomic E-state index is -0.212. The van der Waals surface area contributed by atoms with Crippen LogP contribution in [0, 0.1) is 23.6 Å². The molecule has 4 rings (SSSR count). The van der Waals surface area contributed by atoms with Crippen LogP contribution in [-0.4, -0.2) is 38.6 Å². The van der Waals surface area contributed by atoms with E-state index in [-0.39, 0.29) is 29.2 Å². The third-order valence-corrected chi connectivity index (χ3v) is 8.18. The number of allylic oxidation sites excluding steroid dienone is 2. The van der Waals surface area contributed by atoms with Crippen LogP contribution in [0.5, 0.6) is 0 Å². The van der Waals surface area contributed by atoms with Gasteiger partial charge in [0.05, 0.1) is 25.5 Å². The van der Waals surface area contributed by atoms with Crippen molar-refractivity contribution >= 4 is 11.7 Å². The molecular formula is C28H38FNO4. The number of nitrogens with zero attached hydrogens (tertiary/aromatic N) is 1. The fourth-order valence-electron chi connectivity index (χ4n) is 6.53. The van der Waals surface area contributed by atoms with Crippen LogP contribution >= 0.6 is 0 Å². The summed E-state index contributed by atoms with van der Waals surface area (Å²) in [4.78, 5) is 16.8. The summed E-state index contributed by atoms with van der Waals surface area (Å²) in [5.74, 6) is 0.572. The Morgan fingerprint density at radius 2 is 1.94 bits per heavy atom. The van der Waals surface area contributed by atoms with E-state index in [1.807, 2.05) is 12.1 Å². The van der Waals surface area contributed by atoms with Crippen LogP contribution < -0.4 is 0 Å². The number of ether oxygens (including phenoxy) is 2.